The summed E-state index contributed by atoms with van der Waals surface area (Å²) in [6, 6.07) is 6.36. The van der Waals surface area contributed by atoms with E-state index in [1.54, 1.807) is 20.0 Å². The molecule has 0 fully saturated rings. The predicted octanol–water partition coefficient (Wildman–Crippen LogP) is 5.13. The molecule has 0 spiro atoms. The largest absolute Gasteiger partial charge is 0.462 e. The summed E-state index contributed by atoms with van der Waals surface area (Å²) in [5.41, 5.74) is 3.76. The Hall–Kier alpha value is -2.91. The van der Waals surface area contributed by atoms with Crippen molar-refractivity contribution >= 4 is 39.3 Å². The van der Waals surface area contributed by atoms with Crippen molar-refractivity contribution in [2.24, 2.45) is 0 Å². The molecule has 4 rings (SSSR count). The standard InChI is InChI=1S/C23H24N4O3S2/c1-6-30-22(29)18-14(4)17-20(28)25-19(26-21(17)32-18)15(5)31-23-24-7-8-27(23)16-10-12(2)9-13(3)11-16/h7-11,15H,6H2,1-5H3,(H,25,26,28). The van der Waals surface area contributed by atoms with E-state index in [4.69, 9.17) is 4.74 Å². The van der Waals surface area contributed by atoms with Gasteiger partial charge in [-0.25, -0.2) is 14.8 Å². The monoisotopic (exact) mass is 468 g/mol. The number of esters is 1. The summed E-state index contributed by atoms with van der Waals surface area (Å²) >= 11 is 2.70. The highest BCUT2D eigenvalue weighted by Gasteiger charge is 2.22. The molecule has 4 aromatic rings. The molecule has 1 unspecified atom stereocenters. The third-order valence-corrected chi connectivity index (χ3v) is 7.29. The fourth-order valence-corrected chi connectivity index (χ4v) is 5.65. The number of benzene rings is 1. The van der Waals surface area contributed by atoms with E-state index in [2.05, 4.69) is 47.0 Å². The molecule has 0 bridgehead atoms. The van der Waals surface area contributed by atoms with Crippen LogP contribution in [0.2, 0.25) is 0 Å². The third-order valence-electron chi connectivity index (χ3n) is 5.04. The van der Waals surface area contributed by atoms with E-state index in [-0.39, 0.29) is 17.4 Å². The van der Waals surface area contributed by atoms with Crippen molar-refractivity contribution < 1.29 is 9.53 Å². The molecule has 0 saturated carbocycles. The van der Waals surface area contributed by atoms with Gasteiger partial charge in [0.25, 0.3) is 5.56 Å². The van der Waals surface area contributed by atoms with Gasteiger partial charge in [-0.2, -0.15) is 0 Å². The average molecular weight is 469 g/mol. The molecule has 32 heavy (non-hydrogen) atoms. The minimum atomic E-state index is -0.424. The topological polar surface area (TPSA) is 89.9 Å². The number of aromatic nitrogens is 4. The Labute approximate surface area is 193 Å². The second-order valence-electron chi connectivity index (χ2n) is 7.59. The molecule has 1 atom stereocenters. The Balaban J connectivity index is 1.67. The first kappa shape index (κ1) is 22.3. The zero-order valence-corrected chi connectivity index (χ0v) is 20.2. The van der Waals surface area contributed by atoms with Gasteiger partial charge in [-0.05, 0) is 63.4 Å². The molecule has 1 aromatic carbocycles. The summed E-state index contributed by atoms with van der Waals surface area (Å²) in [4.78, 5) is 38.1. The summed E-state index contributed by atoms with van der Waals surface area (Å²) in [7, 11) is 0. The Morgan fingerprint density at radius 2 is 1.97 bits per heavy atom. The number of thioether (sulfide) groups is 1. The van der Waals surface area contributed by atoms with Gasteiger partial charge >= 0.3 is 5.97 Å². The molecule has 9 heteroatoms. The normalized spacial score (nSPS) is 12.3. The zero-order valence-electron chi connectivity index (χ0n) is 18.6. The van der Waals surface area contributed by atoms with E-state index < -0.39 is 5.97 Å². The fourth-order valence-electron chi connectivity index (χ4n) is 3.62. The maximum Gasteiger partial charge on any atom is 0.348 e. The highest BCUT2D eigenvalue weighted by atomic mass is 32.2. The van der Waals surface area contributed by atoms with Crippen LogP contribution in [0.1, 0.15) is 51.3 Å². The summed E-state index contributed by atoms with van der Waals surface area (Å²) in [6.45, 7) is 9.90. The lowest BCUT2D eigenvalue weighted by Gasteiger charge is -2.13. The number of nitrogens with zero attached hydrogens (tertiary/aromatic N) is 3. The molecule has 3 aromatic heterocycles. The van der Waals surface area contributed by atoms with Crippen molar-refractivity contribution in [3.8, 4) is 5.69 Å². The number of H-pyrrole nitrogens is 1. The van der Waals surface area contributed by atoms with E-state index in [1.807, 2.05) is 17.7 Å². The van der Waals surface area contributed by atoms with Crippen LogP contribution in [0.4, 0.5) is 0 Å². The molecule has 0 aliphatic carbocycles. The minimum absolute atomic E-state index is 0.160. The fraction of sp³-hybridized carbons (Fsp3) is 0.304. The van der Waals surface area contributed by atoms with Gasteiger partial charge in [-0.15, -0.1) is 11.3 Å². The molecule has 0 aliphatic rings. The van der Waals surface area contributed by atoms with Crippen LogP contribution < -0.4 is 5.56 Å². The number of ether oxygens (including phenoxy) is 1. The first-order valence-corrected chi connectivity index (χ1v) is 12.0. The molecule has 0 amide bonds. The van der Waals surface area contributed by atoms with Crippen molar-refractivity contribution in [2.45, 2.75) is 45.0 Å². The Morgan fingerprint density at radius 3 is 2.66 bits per heavy atom. The summed E-state index contributed by atoms with van der Waals surface area (Å²) < 4.78 is 7.15. The minimum Gasteiger partial charge on any atom is -0.462 e. The molecule has 3 heterocycles. The van der Waals surface area contributed by atoms with Crippen LogP contribution in [0.15, 0.2) is 40.5 Å². The van der Waals surface area contributed by atoms with E-state index >= 15 is 0 Å². The number of nitrogens with one attached hydrogen (secondary N) is 1. The molecule has 0 aliphatic heterocycles. The number of carbonyl (C=O) groups excluding carboxylic acids is 1. The van der Waals surface area contributed by atoms with Gasteiger partial charge in [0.2, 0.25) is 0 Å². The molecule has 0 saturated heterocycles. The number of fused-ring (bicyclic) bond motifs is 1. The van der Waals surface area contributed by atoms with Gasteiger partial charge in [0.15, 0.2) is 5.16 Å². The van der Waals surface area contributed by atoms with E-state index in [1.165, 1.54) is 34.2 Å². The third kappa shape index (κ3) is 4.22. The quantitative estimate of drug-likeness (QED) is 0.312. The molecule has 1 N–H and O–H groups in total. The van der Waals surface area contributed by atoms with Crippen molar-refractivity contribution in [2.75, 3.05) is 6.61 Å². The van der Waals surface area contributed by atoms with E-state index in [0.717, 1.165) is 10.8 Å². The zero-order chi connectivity index (χ0) is 23.0. The first-order chi connectivity index (χ1) is 15.3. The Bertz CT molecular complexity index is 1350. The van der Waals surface area contributed by atoms with Crippen LogP contribution >= 0.6 is 23.1 Å². The lowest BCUT2D eigenvalue weighted by Crippen LogP contribution is -2.13. The first-order valence-electron chi connectivity index (χ1n) is 10.3. The predicted molar refractivity (Wildman–Crippen MR) is 128 cm³/mol. The van der Waals surface area contributed by atoms with E-state index in [0.29, 0.717) is 26.5 Å². The molecule has 7 nitrogen and oxygen atoms in total. The molecular weight excluding hydrogens is 444 g/mol. The van der Waals surface area contributed by atoms with Gasteiger partial charge in [-0.3, -0.25) is 9.36 Å². The highest BCUT2D eigenvalue weighted by molar-refractivity contribution is 7.99. The van der Waals surface area contributed by atoms with Gasteiger partial charge in [0.1, 0.15) is 15.5 Å². The Kier molecular flexibility index (Phi) is 6.21. The van der Waals surface area contributed by atoms with Gasteiger partial charge in [0.05, 0.1) is 17.2 Å². The van der Waals surface area contributed by atoms with Gasteiger partial charge in [-0.1, -0.05) is 17.8 Å². The van der Waals surface area contributed by atoms with Gasteiger partial charge in [0, 0.05) is 18.1 Å². The number of hydrogen-bond acceptors (Lipinski definition) is 7. The average Bonchev–Trinajstić information content (AvgIpc) is 3.32. The number of imidazole rings is 1. The van der Waals surface area contributed by atoms with Crippen molar-refractivity contribution in [3.05, 3.63) is 68.3 Å². The lowest BCUT2D eigenvalue weighted by atomic mass is 10.1. The van der Waals surface area contributed by atoms with Crippen LogP contribution in [0.5, 0.6) is 0 Å². The number of hydrogen-bond donors (Lipinski definition) is 1. The van der Waals surface area contributed by atoms with Crippen molar-refractivity contribution in [3.63, 3.8) is 0 Å². The second kappa shape index (κ2) is 8.91. The number of carbonyl (C=O) groups is 1. The molecular formula is C23H24N4O3S2. The maximum absolute atomic E-state index is 12.8. The van der Waals surface area contributed by atoms with Gasteiger partial charge < -0.3 is 9.72 Å². The summed E-state index contributed by atoms with van der Waals surface area (Å²) in [6.07, 6.45) is 3.69. The van der Waals surface area contributed by atoms with Crippen LogP contribution in [0, 0.1) is 20.8 Å². The summed E-state index contributed by atoms with van der Waals surface area (Å²) in [5, 5.41) is 1.09. The lowest BCUT2D eigenvalue weighted by molar-refractivity contribution is 0.0531. The number of rotatable bonds is 6. The van der Waals surface area contributed by atoms with Crippen LogP contribution in [-0.4, -0.2) is 32.1 Å². The number of aryl methyl sites for hydroxylation is 3. The van der Waals surface area contributed by atoms with Crippen LogP contribution in [0.25, 0.3) is 15.9 Å². The Morgan fingerprint density at radius 1 is 1.25 bits per heavy atom. The van der Waals surface area contributed by atoms with E-state index in [9.17, 15) is 9.59 Å². The van der Waals surface area contributed by atoms with Crippen molar-refractivity contribution in [1.82, 2.24) is 19.5 Å². The SMILES string of the molecule is CCOC(=O)c1sc2nc(C(C)Sc3nccn3-c3cc(C)cc(C)c3)[nH]c(=O)c2c1C. The van der Waals surface area contributed by atoms with Crippen LogP contribution in [0.3, 0.4) is 0 Å². The van der Waals surface area contributed by atoms with Crippen LogP contribution in [-0.2, 0) is 4.74 Å². The maximum atomic E-state index is 12.8. The number of thiophene rings is 1. The molecule has 166 valence electrons. The second-order valence-corrected chi connectivity index (χ2v) is 9.90. The number of aromatic amines is 1. The smallest absolute Gasteiger partial charge is 0.348 e. The highest BCUT2D eigenvalue weighted by Crippen LogP contribution is 2.35. The van der Waals surface area contributed by atoms with Crippen molar-refractivity contribution in [1.29, 1.82) is 0 Å². The molecule has 0 radical (unpaired) electrons. The summed E-state index contributed by atoms with van der Waals surface area (Å²) in [5.74, 6) is 0.117.